The number of hydrogen-bond acceptors (Lipinski definition) is 5. The topological polar surface area (TPSA) is 50.3 Å². The molecule has 2 heterocycles. The standard InChI is InChI=1S/C19H25FN4O/c1-4-21-19-11-16(22-13(2)23-19)17-6-5-9-24(17)12-14-7-8-15(20)18(10-14)25-3/h7-8,10-11,17H,4-6,9,12H2,1-3H3,(H,21,22,23)/t17-/m1/s1. The molecule has 6 heteroatoms. The lowest BCUT2D eigenvalue weighted by Crippen LogP contribution is -2.24. The molecule has 134 valence electrons. The minimum absolute atomic E-state index is 0.259. The van der Waals surface area contributed by atoms with Crippen LogP contribution in [0.4, 0.5) is 10.2 Å². The molecule has 0 spiro atoms. The molecule has 1 N–H and O–H groups in total. The molecule has 1 aliphatic rings. The lowest BCUT2D eigenvalue weighted by atomic mass is 10.1. The zero-order valence-electron chi connectivity index (χ0n) is 15.1. The van der Waals surface area contributed by atoms with Gasteiger partial charge >= 0.3 is 0 Å². The van der Waals surface area contributed by atoms with Crippen molar-refractivity contribution >= 4 is 5.82 Å². The van der Waals surface area contributed by atoms with Gasteiger partial charge in [0, 0.05) is 19.2 Å². The van der Waals surface area contributed by atoms with E-state index < -0.39 is 0 Å². The van der Waals surface area contributed by atoms with Gasteiger partial charge in [0.2, 0.25) is 0 Å². The Bertz CT molecular complexity index is 737. The predicted molar refractivity (Wildman–Crippen MR) is 96.3 cm³/mol. The summed E-state index contributed by atoms with van der Waals surface area (Å²) in [5, 5.41) is 3.27. The van der Waals surface area contributed by atoms with E-state index in [0.29, 0.717) is 5.75 Å². The maximum absolute atomic E-state index is 13.6. The summed E-state index contributed by atoms with van der Waals surface area (Å²) in [6.45, 7) is 6.57. The molecular formula is C19H25FN4O. The third-order valence-electron chi connectivity index (χ3n) is 4.52. The summed E-state index contributed by atoms with van der Waals surface area (Å²) in [6, 6.07) is 7.38. The molecule has 0 amide bonds. The van der Waals surface area contributed by atoms with Crippen LogP contribution in [0.3, 0.4) is 0 Å². The Kier molecular flexibility index (Phi) is 5.48. The lowest BCUT2D eigenvalue weighted by molar-refractivity contribution is 0.243. The second-order valence-corrected chi connectivity index (χ2v) is 6.35. The van der Waals surface area contributed by atoms with Crippen LogP contribution in [0.1, 0.15) is 42.9 Å². The molecule has 0 saturated carbocycles. The number of nitrogens with zero attached hydrogens (tertiary/aromatic N) is 3. The molecule has 0 radical (unpaired) electrons. The molecule has 1 aromatic carbocycles. The molecule has 3 rings (SSSR count). The maximum atomic E-state index is 13.6. The first-order valence-electron chi connectivity index (χ1n) is 8.76. The number of aromatic nitrogens is 2. The van der Waals surface area contributed by atoms with E-state index in [2.05, 4.69) is 27.1 Å². The van der Waals surface area contributed by atoms with Crippen LogP contribution < -0.4 is 10.1 Å². The summed E-state index contributed by atoms with van der Waals surface area (Å²) < 4.78 is 18.7. The Balaban J connectivity index is 1.81. The summed E-state index contributed by atoms with van der Waals surface area (Å²) in [5.41, 5.74) is 2.10. The van der Waals surface area contributed by atoms with Crippen LogP contribution in [-0.2, 0) is 6.54 Å². The van der Waals surface area contributed by atoms with Crippen molar-refractivity contribution in [3.63, 3.8) is 0 Å². The highest BCUT2D eigenvalue weighted by Gasteiger charge is 2.28. The smallest absolute Gasteiger partial charge is 0.165 e. The van der Waals surface area contributed by atoms with Crippen LogP contribution >= 0.6 is 0 Å². The first kappa shape index (κ1) is 17.6. The molecule has 1 atom stereocenters. The van der Waals surface area contributed by atoms with Gasteiger partial charge in [0.25, 0.3) is 0 Å². The molecule has 5 nitrogen and oxygen atoms in total. The van der Waals surface area contributed by atoms with Crippen molar-refractivity contribution in [3.8, 4) is 5.75 Å². The fourth-order valence-electron chi connectivity index (χ4n) is 3.42. The third kappa shape index (κ3) is 4.07. The summed E-state index contributed by atoms with van der Waals surface area (Å²) in [6.07, 6.45) is 2.20. The second kappa shape index (κ2) is 7.78. The molecule has 2 aromatic rings. The lowest BCUT2D eigenvalue weighted by Gasteiger charge is -2.25. The van der Waals surface area contributed by atoms with E-state index in [1.54, 1.807) is 6.07 Å². The van der Waals surface area contributed by atoms with Crippen LogP contribution in [0, 0.1) is 12.7 Å². The Morgan fingerprint density at radius 1 is 1.32 bits per heavy atom. The molecule has 1 fully saturated rings. The number of likely N-dealkylation sites (tertiary alicyclic amines) is 1. The fourth-order valence-corrected chi connectivity index (χ4v) is 3.42. The monoisotopic (exact) mass is 344 g/mol. The SMILES string of the molecule is CCNc1cc([C@H]2CCCN2Cc2ccc(F)c(OC)c2)nc(C)n1. The Morgan fingerprint density at radius 2 is 2.16 bits per heavy atom. The van der Waals surface area contributed by atoms with Crippen molar-refractivity contribution in [2.75, 3.05) is 25.5 Å². The summed E-state index contributed by atoms with van der Waals surface area (Å²) >= 11 is 0. The van der Waals surface area contributed by atoms with Gasteiger partial charge in [0.15, 0.2) is 11.6 Å². The van der Waals surface area contributed by atoms with Crippen LogP contribution in [0.5, 0.6) is 5.75 Å². The first-order valence-corrected chi connectivity index (χ1v) is 8.76. The van der Waals surface area contributed by atoms with E-state index in [9.17, 15) is 4.39 Å². The number of nitrogens with one attached hydrogen (secondary N) is 1. The van der Waals surface area contributed by atoms with Crippen LogP contribution in [0.15, 0.2) is 24.3 Å². The number of hydrogen-bond donors (Lipinski definition) is 1. The highest BCUT2D eigenvalue weighted by atomic mass is 19.1. The van der Waals surface area contributed by atoms with E-state index in [-0.39, 0.29) is 11.9 Å². The van der Waals surface area contributed by atoms with Gasteiger partial charge in [-0.05, 0) is 50.9 Å². The predicted octanol–water partition coefficient (Wildman–Crippen LogP) is 3.70. The molecular weight excluding hydrogens is 319 g/mol. The minimum Gasteiger partial charge on any atom is -0.494 e. The van der Waals surface area contributed by atoms with Crippen molar-refractivity contribution in [2.24, 2.45) is 0 Å². The fraction of sp³-hybridized carbons (Fsp3) is 0.474. The van der Waals surface area contributed by atoms with Crippen LogP contribution in [-0.4, -0.2) is 35.1 Å². The van der Waals surface area contributed by atoms with E-state index in [1.807, 2.05) is 19.1 Å². The summed E-state index contributed by atoms with van der Waals surface area (Å²) in [4.78, 5) is 11.5. The van der Waals surface area contributed by atoms with Gasteiger partial charge in [0.05, 0.1) is 18.8 Å². The van der Waals surface area contributed by atoms with Crippen molar-refractivity contribution < 1.29 is 9.13 Å². The average molecular weight is 344 g/mol. The summed E-state index contributed by atoms with van der Waals surface area (Å²) in [7, 11) is 1.49. The number of benzene rings is 1. The molecule has 1 aromatic heterocycles. The van der Waals surface area contributed by atoms with Gasteiger partial charge in [-0.25, -0.2) is 14.4 Å². The Hall–Kier alpha value is -2.21. The van der Waals surface area contributed by atoms with E-state index in [4.69, 9.17) is 4.74 Å². The largest absolute Gasteiger partial charge is 0.494 e. The zero-order valence-corrected chi connectivity index (χ0v) is 15.1. The normalized spacial score (nSPS) is 17.7. The van der Waals surface area contributed by atoms with Gasteiger partial charge in [-0.15, -0.1) is 0 Å². The molecule has 0 unspecified atom stereocenters. The van der Waals surface area contributed by atoms with Gasteiger partial charge in [-0.2, -0.15) is 0 Å². The summed E-state index contributed by atoms with van der Waals surface area (Å²) in [5.74, 6) is 1.62. The molecule has 1 aliphatic heterocycles. The molecule has 25 heavy (non-hydrogen) atoms. The van der Waals surface area contributed by atoms with Crippen LogP contribution in [0.25, 0.3) is 0 Å². The van der Waals surface area contributed by atoms with Gasteiger partial charge in [-0.3, -0.25) is 4.90 Å². The number of anilines is 1. The number of aryl methyl sites for hydroxylation is 1. The Morgan fingerprint density at radius 3 is 2.92 bits per heavy atom. The van der Waals surface area contributed by atoms with Crippen molar-refractivity contribution in [1.29, 1.82) is 0 Å². The van der Waals surface area contributed by atoms with Crippen molar-refractivity contribution in [2.45, 2.75) is 39.3 Å². The number of ether oxygens (including phenoxy) is 1. The highest BCUT2D eigenvalue weighted by molar-refractivity contribution is 5.37. The quantitative estimate of drug-likeness (QED) is 0.866. The van der Waals surface area contributed by atoms with Crippen LogP contribution in [0.2, 0.25) is 0 Å². The maximum Gasteiger partial charge on any atom is 0.165 e. The number of rotatable bonds is 6. The Labute approximate surface area is 148 Å². The van der Waals surface area contributed by atoms with E-state index in [0.717, 1.165) is 55.4 Å². The van der Waals surface area contributed by atoms with E-state index >= 15 is 0 Å². The number of methoxy groups -OCH3 is 1. The molecule has 1 saturated heterocycles. The zero-order chi connectivity index (χ0) is 17.8. The third-order valence-corrected chi connectivity index (χ3v) is 4.52. The highest BCUT2D eigenvalue weighted by Crippen LogP contribution is 2.33. The van der Waals surface area contributed by atoms with Crippen molar-refractivity contribution in [3.05, 3.63) is 47.2 Å². The molecule has 0 bridgehead atoms. The van der Waals surface area contributed by atoms with Crippen molar-refractivity contribution in [1.82, 2.24) is 14.9 Å². The second-order valence-electron chi connectivity index (χ2n) is 6.35. The first-order chi connectivity index (χ1) is 12.1. The number of halogens is 1. The van der Waals surface area contributed by atoms with Gasteiger partial charge in [0.1, 0.15) is 11.6 Å². The minimum atomic E-state index is -0.328. The van der Waals surface area contributed by atoms with Gasteiger partial charge < -0.3 is 10.1 Å². The average Bonchev–Trinajstić information content (AvgIpc) is 3.04. The van der Waals surface area contributed by atoms with Gasteiger partial charge in [-0.1, -0.05) is 6.07 Å². The van der Waals surface area contributed by atoms with E-state index in [1.165, 1.54) is 13.2 Å². The molecule has 0 aliphatic carbocycles.